The quantitative estimate of drug-likeness (QED) is 0.630. The number of hydrogen-bond donors (Lipinski definition) is 1. The molecule has 2 atom stereocenters. The summed E-state index contributed by atoms with van der Waals surface area (Å²) in [5.41, 5.74) is -0.444. The fraction of sp³-hybridized carbons (Fsp3) is 0.941. The number of ether oxygens (including phenoxy) is 1. The van der Waals surface area contributed by atoms with Crippen LogP contribution in [0, 0.1) is 5.92 Å². The second-order valence-corrected chi connectivity index (χ2v) is 6.16. The number of esters is 1. The van der Waals surface area contributed by atoms with E-state index in [1.807, 2.05) is 14.0 Å². The Morgan fingerprint density at radius 1 is 1.24 bits per heavy atom. The molecule has 1 N–H and O–H groups in total. The molecule has 1 aliphatic rings. The Morgan fingerprint density at radius 3 is 2.43 bits per heavy atom. The van der Waals surface area contributed by atoms with E-state index in [0.717, 1.165) is 45.3 Å². The van der Waals surface area contributed by atoms with Crippen LogP contribution in [-0.2, 0) is 9.53 Å². The van der Waals surface area contributed by atoms with Gasteiger partial charge in [-0.25, -0.2) is 0 Å². The maximum Gasteiger partial charge on any atom is 0.326 e. The van der Waals surface area contributed by atoms with Gasteiger partial charge in [0.15, 0.2) is 0 Å². The number of likely N-dealkylation sites (N-methyl/N-ethyl adjacent to an activating group) is 1. The number of rotatable bonds is 10. The summed E-state index contributed by atoms with van der Waals surface area (Å²) in [7, 11) is 1.91. The zero-order valence-electron chi connectivity index (χ0n) is 14.4. The number of nitrogens with zero attached hydrogens (tertiary/aromatic N) is 1. The molecule has 1 aliphatic carbocycles. The number of carbonyl (C=O) groups is 1. The third-order valence-corrected chi connectivity index (χ3v) is 4.78. The molecule has 4 nitrogen and oxygen atoms in total. The van der Waals surface area contributed by atoms with Gasteiger partial charge >= 0.3 is 5.97 Å². The van der Waals surface area contributed by atoms with E-state index in [1.54, 1.807) is 0 Å². The molecule has 0 saturated heterocycles. The van der Waals surface area contributed by atoms with Crippen molar-refractivity contribution in [1.82, 2.24) is 10.2 Å². The normalized spacial score (nSPS) is 25.5. The van der Waals surface area contributed by atoms with Crippen molar-refractivity contribution in [2.24, 2.45) is 5.92 Å². The molecule has 0 aromatic heterocycles. The first-order chi connectivity index (χ1) is 10.1. The summed E-state index contributed by atoms with van der Waals surface area (Å²) in [6.45, 7) is 10.2. The number of carbonyl (C=O) groups excluding carboxylic acids is 1. The fourth-order valence-electron chi connectivity index (χ4n) is 3.73. The van der Waals surface area contributed by atoms with Crippen molar-refractivity contribution in [2.75, 3.05) is 33.3 Å². The van der Waals surface area contributed by atoms with Gasteiger partial charge in [-0.2, -0.15) is 0 Å². The lowest BCUT2D eigenvalue weighted by molar-refractivity contribution is -0.153. The first-order valence-corrected chi connectivity index (χ1v) is 8.73. The molecule has 0 radical (unpaired) electrons. The van der Waals surface area contributed by atoms with Crippen LogP contribution in [0.3, 0.4) is 0 Å². The largest absolute Gasteiger partial charge is 0.465 e. The third kappa shape index (κ3) is 4.68. The zero-order valence-corrected chi connectivity index (χ0v) is 14.4. The summed E-state index contributed by atoms with van der Waals surface area (Å²) < 4.78 is 5.34. The molecule has 0 amide bonds. The van der Waals surface area contributed by atoms with E-state index in [1.165, 1.54) is 12.8 Å². The van der Waals surface area contributed by atoms with E-state index in [0.29, 0.717) is 12.5 Å². The van der Waals surface area contributed by atoms with Crippen LogP contribution in [0.2, 0.25) is 0 Å². The number of nitrogens with one attached hydrogen (secondary N) is 1. The average Bonchev–Trinajstić information content (AvgIpc) is 2.89. The SMILES string of the molecule is CCCN(CCC)CCC1CCCC1(NC)C(=O)OCC. The second kappa shape index (κ2) is 9.42. The highest BCUT2D eigenvalue weighted by Crippen LogP contribution is 2.38. The Bertz CT molecular complexity index is 303. The van der Waals surface area contributed by atoms with Crippen molar-refractivity contribution in [2.45, 2.75) is 64.8 Å². The molecule has 0 spiro atoms. The summed E-state index contributed by atoms with van der Waals surface area (Å²) >= 11 is 0. The molecular weight excluding hydrogens is 264 g/mol. The zero-order chi connectivity index (χ0) is 15.7. The van der Waals surface area contributed by atoms with Crippen molar-refractivity contribution in [1.29, 1.82) is 0 Å². The molecule has 2 unspecified atom stereocenters. The van der Waals surface area contributed by atoms with Gasteiger partial charge < -0.3 is 15.0 Å². The Labute approximate surface area is 130 Å². The second-order valence-electron chi connectivity index (χ2n) is 6.16. The Balaban J connectivity index is 2.64. The van der Waals surface area contributed by atoms with Crippen LogP contribution in [0.15, 0.2) is 0 Å². The highest BCUT2D eigenvalue weighted by molar-refractivity contribution is 5.81. The molecule has 0 aromatic carbocycles. The fourth-order valence-corrected chi connectivity index (χ4v) is 3.73. The summed E-state index contributed by atoms with van der Waals surface area (Å²) in [5, 5.41) is 3.31. The highest BCUT2D eigenvalue weighted by Gasteiger charge is 2.48. The van der Waals surface area contributed by atoms with Crippen molar-refractivity contribution in [3.8, 4) is 0 Å². The number of hydrogen-bond acceptors (Lipinski definition) is 4. The van der Waals surface area contributed by atoms with Gasteiger partial charge in [0.2, 0.25) is 0 Å². The van der Waals surface area contributed by atoms with Crippen LogP contribution in [0.1, 0.15) is 59.3 Å². The van der Waals surface area contributed by atoms with E-state index in [-0.39, 0.29) is 5.97 Å². The molecule has 0 aliphatic heterocycles. The van der Waals surface area contributed by atoms with Gasteiger partial charge in [0, 0.05) is 0 Å². The van der Waals surface area contributed by atoms with E-state index >= 15 is 0 Å². The van der Waals surface area contributed by atoms with Crippen molar-refractivity contribution in [3.63, 3.8) is 0 Å². The van der Waals surface area contributed by atoms with E-state index < -0.39 is 5.54 Å². The molecule has 124 valence electrons. The minimum Gasteiger partial charge on any atom is -0.465 e. The van der Waals surface area contributed by atoms with Gasteiger partial charge in [0.1, 0.15) is 5.54 Å². The molecule has 0 heterocycles. The summed E-state index contributed by atoms with van der Waals surface area (Å²) in [6, 6.07) is 0. The first kappa shape index (κ1) is 18.4. The standard InChI is InChI=1S/C17H34N2O2/c1-5-12-19(13-6-2)14-10-15-9-8-11-17(15,18-4)16(20)21-7-3/h15,18H,5-14H2,1-4H3. The van der Waals surface area contributed by atoms with Crippen LogP contribution in [0.25, 0.3) is 0 Å². The maximum atomic E-state index is 12.4. The highest BCUT2D eigenvalue weighted by atomic mass is 16.5. The molecule has 1 rings (SSSR count). The van der Waals surface area contributed by atoms with E-state index in [4.69, 9.17) is 4.74 Å². The Hall–Kier alpha value is -0.610. The molecule has 21 heavy (non-hydrogen) atoms. The van der Waals surface area contributed by atoms with Gasteiger partial charge in [-0.05, 0) is 71.6 Å². The van der Waals surface area contributed by atoms with Crippen LogP contribution in [0.4, 0.5) is 0 Å². The van der Waals surface area contributed by atoms with Crippen molar-refractivity contribution >= 4 is 5.97 Å². The molecular formula is C17H34N2O2. The molecule has 0 aromatic rings. The monoisotopic (exact) mass is 298 g/mol. The lowest BCUT2D eigenvalue weighted by Crippen LogP contribution is -2.54. The van der Waals surface area contributed by atoms with Crippen LogP contribution >= 0.6 is 0 Å². The van der Waals surface area contributed by atoms with Crippen LogP contribution < -0.4 is 5.32 Å². The topological polar surface area (TPSA) is 41.6 Å². The molecule has 1 saturated carbocycles. The van der Waals surface area contributed by atoms with Gasteiger partial charge in [0.05, 0.1) is 6.61 Å². The minimum absolute atomic E-state index is 0.0486. The van der Waals surface area contributed by atoms with Crippen LogP contribution in [0.5, 0.6) is 0 Å². The maximum absolute atomic E-state index is 12.4. The summed E-state index contributed by atoms with van der Waals surface area (Å²) in [5.74, 6) is 0.352. The van der Waals surface area contributed by atoms with Gasteiger partial charge in [-0.15, -0.1) is 0 Å². The third-order valence-electron chi connectivity index (χ3n) is 4.78. The Morgan fingerprint density at radius 2 is 1.90 bits per heavy atom. The Kier molecular flexibility index (Phi) is 8.27. The van der Waals surface area contributed by atoms with Gasteiger partial charge in [-0.1, -0.05) is 20.3 Å². The predicted octanol–water partition coefficient (Wildman–Crippen LogP) is 2.82. The average molecular weight is 298 g/mol. The minimum atomic E-state index is -0.444. The summed E-state index contributed by atoms with van der Waals surface area (Å²) in [4.78, 5) is 14.9. The van der Waals surface area contributed by atoms with Crippen molar-refractivity contribution < 1.29 is 9.53 Å². The molecule has 1 fully saturated rings. The predicted molar refractivity (Wildman–Crippen MR) is 87.4 cm³/mol. The molecule has 4 heteroatoms. The molecule has 0 bridgehead atoms. The summed E-state index contributed by atoms with van der Waals surface area (Å²) in [6.07, 6.45) is 6.63. The van der Waals surface area contributed by atoms with Gasteiger partial charge in [-0.3, -0.25) is 4.79 Å². The lowest BCUT2D eigenvalue weighted by atomic mass is 9.84. The smallest absolute Gasteiger partial charge is 0.326 e. The lowest BCUT2D eigenvalue weighted by Gasteiger charge is -2.34. The first-order valence-electron chi connectivity index (χ1n) is 8.73. The van der Waals surface area contributed by atoms with E-state index in [9.17, 15) is 4.79 Å². The van der Waals surface area contributed by atoms with E-state index in [2.05, 4.69) is 24.1 Å². The van der Waals surface area contributed by atoms with Crippen LogP contribution in [-0.4, -0.2) is 49.7 Å². The van der Waals surface area contributed by atoms with Gasteiger partial charge in [0.25, 0.3) is 0 Å². The van der Waals surface area contributed by atoms with Crippen molar-refractivity contribution in [3.05, 3.63) is 0 Å².